The molecule has 0 amide bonds. The smallest absolute Gasteiger partial charge is 0.262 e. The number of hydrogen-bond acceptors (Lipinski definition) is 3. The van der Waals surface area contributed by atoms with Crippen LogP contribution < -0.4 is 10.5 Å². The minimum Gasteiger partial charge on any atom is -0.398 e. The summed E-state index contributed by atoms with van der Waals surface area (Å²) in [4.78, 5) is -0.0436. The number of benzene rings is 2. The van der Waals surface area contributed by atoms with E-state index in [1.807, 2.05) is 0 Å². The number of nitrogens with one attached hydrogen (secondary N) is 1. The number of nitrogens with two attached hydrogens (primary N) is 1. The molecule has 20 heavy (non-hydrogen) atoms. The fraction of sp³-hybridized carbons (Fsp3) is 0. The highest BCUT2D eigenvalue weighted by Gasteiger charge is 2.18. The van der Waals surface area contributed by atoms with Crippen LogP contribution in [0.4, 0.5) is 15.8 Å². The first-order valence-corrected chi connectivity index (χ1v) is 7.98. The fourth-order valence-electron chi connectivity index (χ4n) is 1.46. The highest BCUT2D eigenvalue weighted by atomic mass is 79.9. The summed E-state index contributed by atoms with van der Waals surface area (Å²) in [5, 5.41) is -0.163. The van der Waals surface area contributed by atoms with Crippen LogP contribution >= 0.6 is 27.5 Å². The molecule has 0 aliphatic carbocycles. The van der Waals surface area contributed by atoms with Crippen LogP contribution in [0.5, 0.6) is 0 Å². The topological polar surface area (TPSA) is 72.2 Å². The Morgan fingerprint density at radius 1 is 1.25 bits per heavy atom. The van der Waals surface area contributed by atoms with E-state index in [0.29, 0.717) is 10.2 Å². The van der Waals surface area contributed by atoms with Crippen LogP contribution in [-0.4, -0.2) is 8.42 Å². The maximum atomic E-state index is 13.7. The first-order chi connectivity index (χ1) is 9.31. The van der Waals surface area contributed by atoms with E-state index in [-0.39, 0.29) is 15.6 Å². The molecule has 0 aliphatic heterocycles. The predicted molar refractivity (Wildman–Crippen MR) is 80.8 cm³/mol. The SMILES string of the molecule is Nc1ccc(S(=O)(=O)Nc2cccc(Cl)c2F)cc1Br. The van der Waals surface area contributed by atoms with Gasteiger partial charge in [-0.3, -0.25) is 4.72 Å². The van der Waals surface area contributed by atoms with Crippen molar-refractivity contribution in [2.45, 2.75) is 4.90 Å². The van der Waals surface area contributed by atoms with E-state index in [9.17, 15) is 12.8 Å². The maximum Gasteiger partial charge on any atom is 0.262 e. The fourth-order valence-corrected chi connectivity index (χ4v) is 3.25. The predicted octanol–water partition coefficient (Wildman–Crippen LogP) is 3.62. The molecule has 0 radical (unpaired) electrons. The second-order valence-electron chi connectivity index (χ2n) is 3.89. The van der Waals surface area contributed by atoms with Gasteiger partial charge in [0.05, 0.1) is 15.6 Å². The van der Waals surface area contributed by atoms with Crippen molar-refractivity contribution in [2.75, 3.05) is 10.5 Å². The molecule has 2 aromatic carbocycles. The van der Waals surface area contributed by atoms with Gasteiger partial charge in [-0.1, -0.05) is 17.7 Å². The number of rotatable bonds is 3. The van der Waals surface area contributed by atoms with Crippen LogP contribution in [0.3, 0.4) is 0 Å². The molecule has 0 atom stereocenters. The van der Waals surface area contributed by atoms with E-state index < -0.39 is 15.8 Å². The molecule has 3 N–H and O–H groups in total. The molecule has 0 aliphatic rings. The minimum atomic E-state index is -3.93. The molecule has 0 heterocycles. The zero-order valence-corrected chi connectivity index (χ0v) is 13.1. The zero-order valence-electron chi connectivity index (χ0n) is 9.90. The Kier molecular flexibility index (Phi) is 4.22. The summed E-state index contributed by atoms with van der Waals surface area (Å²) in [6.45, 7) is 0. The van der Waals surface area contributed by atoms with Crippen LogP contribution in [0, 0.1) is 5.82 Å². The third-order valence-corrected chi connectivity index (χ3v) is 4.82. The Morgan fingerprint density at radius 3 is 2.60 bits per heavy atom. The second kappa shape index (κ2) is 5.59. The summed E-state index contributed by atoms with van der Waals surface area (Å²) in [5.41, 5.74) is 5.77. The van der Waals surface area contributed by atoms with Gasteiger partial charge in [0, 0.05) is 10.2 Å². The Morgan fingerprint density at radius 2 is 1.95 bits per heavy atom. The average molecular weight is 380 g/mol. The summed E-state index contributed by atoms with van der Waals surface area (Å²) in [5.74, 6) is -0.827. The van der Waals surface area contributed by atoms with Crippen molar-refractivity contribution in [3.8, 4) is 0 Å². The van der Waals surface area contributed by atoms with E-state index in [0.717, 1.165) is 0 Å². The molecule has 0 saturated carbocycles. The molecule has 8 heteroatoms. The lowest BCUT2D eigenvalue weighted by Gasteiger charge is -2.10. The molecule has 2 rings (SSSR count). The van der Waals surface area contributed by atoms with Gasteiger partial charge >= 0.3 is 0 Å². The van der Waals surface area contributed by atoms with E-state index in [4.69, 9.17) is 17.3 Å². The number of halogens is 3. The molecular weight excluding hydrogens is 371 g/mol. The monoisotopic (exact) mass is 378 g/mol. The Hall–Kier alpha value is -1.31. The van der Waals surface area contributed by atoms with Crippen molar-refractivity contribution < 1.29 is 12.8 Å². The molecule has 106 valence electrons. The van der Waals surface area contributed by atoms with Gasteiger partial charge in [0.1, 0.15) is 0 Å². The van der Waals surface area contributed by atoms with Crippen LogP contribution in [0.1, 0.15) is 0 Å². The van der Waals surface area contributed by atoms with Crippen molar-refractivity contribution in [2.24, 2.45) is 0 Å². The summed E-state index contributed by atoms with van der Waals surface area (Å²) in [6, 6.07) is 8.15. The highest BCUT2D eigenvalue weighted by Crippen LogP contribution is 2.27. The van der Waals surface area contributed by atoms with Crippen molar-refractivity contribution in [1.82, 2.24) is 0 Å². The van der Waals surface area contributed by atoms with Crippen LogP contribution in [0.2, 0.25) is 5.02 Å². The van der Waals surface area contributed by atoms with E-state index in [1.54, 1.807) is 0 Å². The lowest BCUT2D eigenvalue weighted by Crippen LogP contribution is -2.14. The standard InChI is InChI=1S/C12H9BrClFN2O2S/c13-8-6-7(4-5-10(8)16)20(18,19)17-11-3-1-2-9(14)12(11)15/h1-6,17H,16H2. The molecular formula is C12H9BrClFN2O2S. The van der Waals surface area contributed by atoms with Gasteiger partial charge in [-0.2, -0.15) is 0 Å². The average Bonchev–Trinajstić information content (AvgIpc) is 2.38. The Labute approximate surface area is 128 Å². The van der Waals surface area contributed by atoms with Crippen LogP contribution in [0.15, 0.2) is 45.8 Å². The Balaban J connectivity index is 2.41. The summed E-state index contributed by atoms with van der Waals surface area (Å²) >= 11 is 8.74. The lowest BCUT2D eigenvalue weighted by molar-refractivity contribution is 0.598. The molecule has 0 unspecified atom stereocenters. The third kappa shape index (κ3) is 3.05. The second-order valence-corrected chi connectivity index (χ2v) is 6.83. The molecule has 0 aromatic heterocycles. The van der Waals surface area contributed by atoms with E-state index in [2.05, 4.69) is 20.7 Å². The molecule has 0 fully saturated rings. The van der Waals surface area contributed by atoms with Gasteiger partial charge in [0.15, 0.2) is 5.82 Å². The molecule has 0 bridgehead atoms. The largest absolute Gasteiger partial charge is 0.398 e. The zero-order chi connectivity index (χ0) is 14.9. The lowest BCUT2D eigenvalue weighted by atomic mass is 10.3. The van der Waals surface area contributed by atoms with Gasteiger partial charge in [-0.25, -0.2) is 12.8 Å². The molecule has 0 saturated heterocycles. The minimum absolute atomic E-state index is 0.0436. The highest BCUT2D eigenvalue weighted by molar-refractivity contribution is 9.10. The van der Waals surface area contributed by atoms with Gasteiger partial charge in [-0.15, -0.1) is 0 Å². The summed E-state index contributed by atoms with van der Waals surface area (Å²) < 4.78 is 40.6. The van der Waals surface area contributed by atoms with Gasteiger partial charge in [-0.05, 0) is 46.3 Å². The van der Waals surface area contributed by atoms with Crippen molar-refractivity contribution in [3.63, 3.8) is 0 Å². The molecule has 4 nitrogen and oxygen atoms in total. The van der Waals surface area contributed by atoms with Crippen LogP contribution in [-0.2, 0) is 10.0 Å². The Bertz CT molecular complexity index is 768. The van der Waals surface area contributed by atoms with Gasteiger partial charge in [0.2, 0.25) is 0 Å². The quantitative estimate of drug-likeness (QED) is 0.800. The van der Waals surface area contributed by atoms with E-state index >= 15 is 0 Å². The van der Waals surface area contributed by atoms with Crippen molar-refractivity contribution >= 4 is 48.9 Å². The van der Waals surface area contributed by atoms with Gasteiger partial charge in [0.25, 0.3) is 10.0 Å². The first-order valence-electron chi connectivity index (χ1n) is 5.33. The normalized spacial score (nSPS) is 11.3. The summed E-state index contributed by atoms with van der Waals surface area (Å²) in [6.07, 6.45) is 0. The number of anilines is 2. The van der Waals surface area contributed by atoms with Crippen LogP contribution in [0.25, 0.3) is 0 Å². The van der Waals surface area contributed by atoms with E-state index in [1.165, 1.54) is 36.4 Å². The maximum absolute atomic E-state index is 13.7. The first kappa shape index (κ1) is 15.1. The molecule has 2 aromatic rings. The third-order valence-electron chi connectivity index (χ3n) is 2.48. The number of nitrogen functional groups attached to an aromatic ring is 1. The van der Waals surface area contributed by atoms with Gasteiger partial charge < -0.3 is 5.73 Å². The number of sulfonamides is 1. The van der Waals surface area contributed by atoms with Crippen molar-refractivity contribution in [1.29, 1.82) is 0 Å². The summed E-state index contributed by atoms with van der Waals surface area (Å²) in [7, 11) is -3.93. The molecule has 0 spiro atoms. The van der Waals surface area contributed by atoms with Crippen molar-refractivity contribution in [3.05, 3.63) is 51.7 Å². The number of hydrogen-bond donors (Lipinski definition) is 2.